The summed E-state index contributed by atoms with van der Waals surface area (Å²) in [6, 6.07) is 6.13. The highest BCUT2D eigenvalue weighted by molar-refractivity contribution is 5.72. The fourth-order valence-electron chi connectivity index (χ4n) is 4.11. The van der Waals surface area contributed by atoms with Crippen molar-refractivity contribution in [3.05, 3.63) is 48.7 Å². The van der Waals surface area contributed by atoms with Crippen LogP contribution in [0.25, 0.3) is 28.2 Å². The number of anilines is 1. The number of aryl methyl sites for hydroxylation is 1. The molecule has 0 saturated carbocycles. The summed E-state index contributed by atoms with van der Waals surface area (Å²) in [4.78, 5) is 15.5. The topological polar surface area (TPSA) is 104 Å². The van der Waals surface area contributed by atoms with Crippen LogP contribution >= 0.6 is 0 Å². The van der Waals surface area contributed by atoms with Gasteiger partial charge in [0.15, 0.2) is 5.65 Å². The zero-order valence-corrected chi connectivity index (χ0v) is 17.7. The minimum Gasteiger partial charge on any atom is -0.507 e. The highest BCUT2D eigenvalue weighted by Gasteiger charge is 2.23. The van der Waals surface area contributed by atoms with Crippen molar-refractivity contribution in [2.75, 3.05) is 18.0 Å². The molecule has 1 fully saturated rings. The average Bonchev–Trinajstić information content (AvgIpc) is 3.12. The second kappa shape index (κ2) is 7.59. The first kappa shape index (κ1) is 19.4. The number of nitrogens with one attached hydrogen (secondary N) is 1. The van der Waals surface area contributed by atoms with Gasteiger partial charge >= 0.3 is 0 Å². The van der Waals surface area contributed by atoms with E-state index in [2.05, 4.69) is 49.2 Å². The van der Waals surface area contributed by atoms with E-state index in [9.17, 15) is 5.11 Å². The van der Waals surface area contributed by atoms with Crippen LogP contribution in [0.3, 0.4) is 0 Å². The lowest BCUT2D eigenvalue weighted by atomic mass is 10.1. The molecule has 0 amide bonds. The van der Waals surface area contributed by atoms with Gasteiger partial charge in [0, 0.05) is 48.7 Å². The summed E-state index contributed by atoms with van der Waals surface area (Å²) in [5.41, 5.74) is 4.37. The standard InChI is InChI=1S/C22H24N8O/c1-13-10-30(11-14(2)25-13)22-24-7-18(27-28-22)17-5-4-16(6-20(17)31)19-12-29-9-15(3)26-21(29)8-23-19/h4-9,12-14,25,31H,10-11H2,1-3H3/t13-,14+. The Hall–Kier alpha value is -3.59. The molecule has 0 aliphatic carbocycles. The van der Waals surface area contributed by atoms with Crippen LogP contribution < -0.4 is 10.2 Å². The molecule has 4 heterocycles. The predicted octanol–water partition coefficient (Wildman–Crippen LogP) is 2.45. The SMILES string of the molecule is Cc1cn2cc(-c3ccc(-c4cnc(N5C[C@@H](C)N[C@@H](C)C5)nn4)c(O)c3)ncc2n1. The van der Waals surface area contributed by atoms with Crippen LogP contribution in [0.1, 0.15) is 19.5 Å². The number of aromatic nitrogens is 6. The van der Waals surface area contributed by atoms with Gasteiger partial charge in [-0.2, -0.15) is 0 Å². The lowest BCUT2D eigenvalue weighted by Gasteiger charge is -2.35. The van der Waals surface area contributed by atoms with Gasteiger partial charge in [0.1, 0.15) is 11.4 Å². The number of fused-ring (bicyclic) bond motifs is 1. The van der Waals surface area contributed by atoms with Crippen molar-refractivity contribution in [1.82, 2.24) is 34.9 Å². The van der Waals surface area contributed by atoms with E-state index in [0.717, 1.165) is 35.7 Å². The minimum atomic E-state index is 0.106. The second-order valence-electron chi connectivity index (χ2n) is 8.17. The van der Waals surface area contributed by atoms with Crippen molar-refractivity contribution in [2.45, 2.75) is 32.9 Å². The van der Waals surface area contributed by atoms with Crippen molar-refractivity contribution >= 4 is 11.6 Å². The maximum atomic E-state index is 10.6. The van der Waals surface area contributed by atoms with Gasteiger partial charge in [0.2, 0.25) is 5.95 Å². The number of nitrogens with zero attached hydrogens (tertiary/aromatic N) is 7. The van der Waals surface area contributed by atoms with Crippen LogP contribution in [0, 0.1) is 6.92 Å². The summed E-state index contributed by atoms with van der Waals surface area (Å²) in [5.74, 6) is 0.711. The first-order valence-corrected chi connectivity index (χ1v) is 10.3. The molecule has 9 nitrogen and oxygen atoms in total. The Labute approximate surface area is 179 Å². The van der Waals surface area contributed by atoms with Gasteiger partial charge in [-0.25, -0.2) is 9.97 Å². The molecule has 2 N–H and O–H groups in total. The number of piperazine rings is 1. The molecule has 4 aromatic rings. The highest BCUT2D eigenvalue weighted by Crippen LogP contribution is 2.31. The molecule has 2 atom stereocenters. The van der Waals surface area contributed by atoms with Crippen molar-refractivity contribution in [2.24, 2.45) is 0 Å². The molecule has 1 aliphatic rings. The summed E-state index contributed by atoms with van der Waals surface area (Å²) in [6.45, 7) is 7.89. The molecule has 0 unspecified atom stereocenters. The Bertz CT molecular complexity index is 1230. The van der Waals surface area contributed by atoms with Gasteiger partial charge in [0.05, 0.1) is 23.8 Å². The van der Waals surface area contributed by atoms with Crippen LogP contribution in [-0.2, 0) is 0 Å². The molecule has 1 aliphatic heterocycles. The van der Waals surface area contributed by atoms with E-state index in [-0.39, 0.29) is 5.75 Å². The molecule has 158 valence electrons. The normalized spacial score (nSPS) is 19.1. The van der Waals surface area contributed by atoms with Crippen molar-refractivity contribution in [3.63, 3.8) is 0 Å². The first-order valence-electron chi connectivity index (χ1n) is 10.3. The zero-order chi connectivity index (χ0) is 21.5. The lowest BCUT2D eigenvalue weighted by molar-refractivity contribution is 0.402. The molecule has 0 bridgehead atoms. The number of rotatable bonds is 3. The summed E-state index contributed by atoms with van der Waals surface area (Å²) in [6.07, 6.45) is 7.22. The Morgan fingerprint density at radius 3 is 2.52 bits per heavy atom. The number of imidazole rings is 1. The second-order valence-corrected chi connectivity index (χ2v) is 8.17. The van der Waals surface area contributed by atoms with E-state index in [4.69, 9.17) is 0 Å². The molecule has 1 saturated heterocycles. The monoisotopic (exact) mass is 416 g/mol. The number of phenols is 1. The molecule has 3 aromatic heterocycles. The molecule has 1 aromatic carbocycles. The maximum absolute atomic E-state index is 10.6. The molecule has 5 rings (SSSR count). The van der Waals surface area contributed by atoms with Gasteiger partial charge < -0.3 is 19.7 Å². The summed E-state index contributed by atoms with van der Waals surface area (Å²) < 4.78 is 1.93. The number of hydrogen-bond donors (Lipinski definition) is 2. The predicted molar refractivity (Wildman–Crippen MR) is 118 cm³/mol. The molecule has 0 radical (unpaired) electrons. The Balaban J connectivity index is 1.40. The summed E-state index contributed by atoms with van der Waals surface area (Å²) >= 11 is 0. The van der Waals surface area contributed by atoms with Crippen molar-refractivity contribution in [1.29, 1.82) is 0 Å². The van der Waals surface area contributed by atoms with E-state index in [1.165, 1.54) is 0 Å². The fraction of sp³-hybridized carbons (Fsp3) is 0.318. The van der Waals surface area contributed by atoms with Gasteiger partial charge in [0.25, 0.3) is 0 Å². The molecule has 31 heavy (non-hydrogen) atoms. The number of benzene rings is 1. The zero-order valence-electron chi connectivity index (χ0n) is 17.7. The smallest absolute Gasteiger partial charge is 0.245 e. The van der Waals surface area contributed by atoms with Crippen molar-refractivity contribution in [3.8, 4) is 28.3 Å². The fourth-order valence-corrected chi connectivity index (χ4v) is 4.11. The number of aromatic hydroxyl groups is 1. The number of hydrogen-bond acceptors (Lipinski definition) is 8. The molecule has 0 spiro atoms. The largest absolute Gasteiger partial charge is 0.507 e. The van der Waals surface area contributed by atoms with E-state index in [1.807, 2.05) is 35.9 Å². The van der Waals surface area contributed by atoms with Gasteiger partial charge in [-0.1, -0.05) is 6.07 Å². The van der Waals surface area contributed by atoms with E-state index in [1.54, 1.807) is 18.5 Å². The van der Waals surface area contributed by atoms with E-state index >= 15 is 0 Å². The van der Waals surface area contributed by atoms with Crippen LogP contribution in [-0.4, -0.2) is 59.8 Å². The van der Waals surface area contributed by atoms with Crippen molar-refractivity contribution < 1.29 is 5.11 Å². The molecule has 9 heteroatoms. The number of phenolic OH excluding ortho intramolecular Hbond substituents is 1. The van der Waals surface area contributed by atoms with E-state index < -0.39 is 0 Å². The molecular weight excluding hydrogens is 392 g/mol. The van der Waals surface area contributed by atoms with E-state index in [0.29, 0.717) is 29.3 Å². The van der Waals surface area contributed by atoms with Gasteiger partial charge in [-0.15, -0.1) is 10.2 Å². The minimum absolute atomic E-state index is 0.106. The summed E-state index contributed by atoms with van der Waals surface area (Å²) in [7, 11) is 0. The van der Waals surface area contributed by atoms with Gasteiger partial charge in [-0.3, -0.25) is 4.98 Å². The Morgan fingerprint density at radius 1 is 1.00 bits per heavy atom. The quantitative estimate of drug-likeness (QED) is 0.525. The third-order valence-electron chi connectivity index (χ3n) is 5.42. The maximum Gasteiger partial charge on any atom is 0.245 e. The van der Waals surface area contributed by atoms with Crippen LogP contribution in [0.4, 0.5) is 5.95 Å². The molecular formula is C22H24N8O. The lowest BCUT2D eigenvalue weighted by Crippen LogP contribution is -2.54. The first-order chi connectivity index (χ1) is 15.0. The Kier molecular flexibility index (Phi) is 4.74. The Morgan fingerprint density at radius 2 is 1.81 bits per heavy atom. The third kappa shape index (κ3) is 3.79. The van der Waals surface area contributed by atoms with Gasteiger partial charge in [-0.05, 0) is 32.9 Å². The van der Waals surface area contributed by atoms with Crippen LogP contribution in [0.2, 0.25) is 0 Å². The third-order valence-corrected chi connectivity index (χ3v) is 5.42. The summed E-state index contributed by atoms with van der Waals surface area (Å²) in [5, 5.41) is 22.8. The van der Waals surface area contributed by atoms with Crippen LogP contribution in [0.15, 0.2) is 43.0 Å². The van der Waals surface area contributed by atoms with Crippen LogP contribution in [0.5, 0.6) is 5.75 Å². The highest BCUT2D eigenvalue weighted by atomic mass is 16.3. The average molecular weight is 416 g/mol.